The van der Waals surface area contributed by atoms with Gasteiger partial charge in [-0.2, -0.15) is 0 Å². The molecule has 0 spiro atoms. The molecule has 1 unspecified atom stereocenters. The molecular weight excluding hydrogens is 266 g/mol. The third-order valence-corrected chi connectivity index (χ3v) is 4.64. The number of sulfonamides is 1. The molecule has 1 aliphatic rings. The molecule has 7 nitrogen and oxygen atoms in total. The molecule has 0 fully saturated rings. The molecule has 2 aromatic rings. The SMILES string of the molecule is Cc1cn2c(n1)CCC(NS(=O)(=O)c1cnc[nH]1)C2. The van der Waals surface area contributed by atoms with Crippen LogP contribution in [0, 0.1) is 6.92 Å². The molecule has 3 rings (SSSR count). The summed E-state index contributed by atoms with van der Waals surface area (Å²) in [6, 6.07) is -0.116. The second-order valence-electron chi connectivity index (χ2n) is 4.72. The third kappa shape index (κ3) is 2.41. The number of hydrogen-bond acceptors (Lipinski definition) is 4. The zero-order chi connectivity index (χ0) is 13.5. The van der Waals surface area contributed by atoms with Crippen LogP contribution in [0.1, 0.15) is 17.9 Å². The number of aromatic amines is 1. The van der Waals surface area contributed by atoms with Gasteiger partial charge in [-0.05, 0) is 13.3 Å². The predicted molar refractivity (Wildman–Crippen MR) is 68.0 cm³/mol. The molecule has 1 atom stereocenters. The van der Waals surface area contributed by atoms with Gasteiger partial charge < -0.3 is 9.55 Å². The van der Waals surface area contributed by atoms with E-state index in [9.17, 15) is 8.42 Å². The van der Waals surface area contributed by atoms with E-state index in [0.717, 1.165) is 24.4 Å². The summed E-state index contributed by atoms with van der Waals surface area (Å²) in [5.74, 6) is 1.02. The first kappa shape index (κ1) is 12.4. The van der Waals surface area contributed by atoms with Crippen LogP contribution in [-0.4, -0.2) is 34.0 Å². The highest BCUT2D eigenvalue weighted by Gasteiger charge is 2.25. The van der Waals surface area contributed by atoms with Gasteiger partial charge in [-0.15, -0.1) is 0 Å². The van der Waals surface area contributed by atoms with Crippen LogP contribution in [0.5, 0.6) is 0 Å². The fourth-order valence-electron chi connectivity index (χ4n) is 2.36. The van der Waals surface area contributed by atoms with Crippen molar-refractivity contribution in [2.45, 2.75) is 37.4 Å². The van der Waals surface area contributed by atoms with Gasteiger partial charge in [0, 0.05) is 25.2 Å². The summed E-state index contributed by atoms with van der Waals surface area (Å²) < 4.78 is 28.9. The number of nitrogens with one attached hydrogen (secondary N) is 2. The molecule has 2 aromatic heterocycles. The molecule has 2 N–H and O–H groups in total. The number of nitrogens with zero attached hydrogens (tertiary/aromatic N) is 3. The van der Waals surface area contributed by atoms with Gasteiger partial charge >= 0.3 is 0 Å². The molecule has 102 valence electrons. The van der Waals surface area contributed by atoms with Crippen molar-refractivity contribution in [3.8, 4) is 0 Å². The Labute approximate surface area is 111 Å². The lowest BCUT2D eigenvalue weighted by Crippen LogP contribution is -2.40. The Balaban J connectivity index is 1.76. The third-order valence-electron chi connectivity index (χ3n) is 3.20. The monoisotopic (exact) mass is 281 g/mol. The van der Waals surface area contributed by atoms with E-state index in [1.807, 2.05) is 17.7 Å². The van der Waals surface area contributed by atoms with Crippen LogP contribution in [0.2, 0.25) is 0 Å². The molecule has 19 heavy (non-hydrogen) atoms. The van der Waals surface area contributed by atoms with Crippen molar-refractivity contribution in [3.63, 3.8) is 0 Å². The molecular formula is C11H15N5O2S. The Morgan fingerprint density at radius 2 is 2.37 bits per heavy atom. The lowest BCUT2D eigenvalue weighted by Gasteiger charge is -2.24. The minimum Gasteiger partial charge on any atom is -0.335 e. The first-order valence-electron chi connectivity index (χ1n) is 6.08. The topological polar surface area (TPSA) is 92.7 Å². The summed E-state index contributed by atoms with van der Waals surface area (Å²) in [7, 11) is -3.51. The number of rotatable bonds is 3. The Morgan fingerprint density at radius 3 is 3.11 bits per heavy atom. The summed E-state index contributed by atoms with van der Waals surface area (Å²) in [5.41, 5.74) is 0.965. The first-order valence-corrected chi connectivity index (χ1v) is 7.56. The van der Waals surface area contributed by atoms with Crippen molar-refractivity contribution in [1.29, 1.82) is 0 Å². The van der Waals surface area contributed by atoms with Crippen LogP contribution in [0.15, 0.2) is 23.7 Å². The maximum atomic E-state index is 12.1. The second-order valence-corrected chi connectivity index (χ2v) is 6.41. The van der Waals surface area contributed by atoms with Crippen LogP contribution >= 0.6 is 0 Å². The van der Waals surface area contributed by atoms with Crippen LogP contribution in [0.3, 0.4) is 0 Å². The molecule has 0 saturated heterocycles. The standard InChI is InChI=1S/C11H15N5O2S/c1-8-5-16-6-9(2-3-10(16)14-8)15-19(17,18)11-4-12-7-13-11/h4-5,7,9,15H,2-3,6H2,1H3,(H,12,13). The van der Waals surface area contributed by atoms with Crippen LogP contribution < -0.4 is 4.72 Å². The van der Waals surface area contributed by atoms with Crippen molar-refractivity contribution in [3.05, 3.63) is 30.2 Å². The smallest absolute Gasteiger partial charge is 0.257 e. The Hall–Kier alpha value is -1.67. The lowest BCUT2D eigenvalue weighted by molar-refractivity contribution is 0.420. The summed E-state index contributed by atoms with van der Waals surface area (Å²) in [6.45, 7) is 2.55. The lowest BCUT2D eigenvalue weighted by atomic mass is 10.1. The quantitative estimate of drug-likeness (QED) is 0.841. The number of aromatic nitrogens is 4. The number of aryl methyl sites for hydroxylation is 2. The predicted octanol–water partition coefficient (Wildman–Crippen LogP) is 0.208. The summed E-state index contributed by atoms with van der Waals surface area (Å²) in [4.78, 5) is 10.7. The minimum atomic E-state index is -3.51. The first-order chi connectivity index (χ1) is 9.04. The van der Waals surface area contributed by atoms with E-state index in [1.54, 1.807) is 0 Å². The molecule has 0 saturated carbocycles. The fraction of sp³-hybridized carbons (Fsp3) is 0.455. The van der Waals surface area contributed by atoms with Gasteiger partial charge in [-0.1, -0.05) is 0 Å². The number of H-pyrrole nitrogens is 1. The Bertz CT molecular complexity index is 674. The highest BCUT2D eigenvalue weighted by Crippen LogP contribution is 2.16. The van der Waals surface area contributed by atoms with E-state index in [1.165, 1.54) is 12.5 Å². The molecule has 8 heteroatoms. The van der Waals surface area contributed by atoms with Gasteiger partial charge in [0.2, 0.25) is 0 Å². The summed E-state index contributed by atoms with van der Waals surface area (Å²) >= 11 is 0. The minimum absolute atomic E-state index is 0.0973. The van der Waals surface area contributed by atoms with Crippen LogP contribution in [0.4, 0.5) is 0 Å². The average Bonchev–Trinajstić information content (AvgIpc) is 2.95. The molecule has 0 aliphatic carbocycles. The van der Waals surface area contributed by atoms with Crippen molar-refractivity contribution in [2.24, 2.45) is 0 Å². The number of hydrogen-bond donors (Lipinski definition) is 2. The maximum absolute atomic E-state index is 12.1. The van der Waals surface area contributed by atoms with Crippen molar-refractivity contribution in [2.75, 3.05) is 0 Å². The van der Waals surface area contributed by atoms with Crippen molar-refractivity contribution >= 4 is 10.0 Å². The van der Waals surface area contributed by atoms with Crippen molar-refractivity contribution in [1.82, 2.24) is 24.2 Å². The van der Waals surface area contributed by atoms with Gasteiger partial charge in [0.15, 0.2) is 5.03 Å². The normalized spacial score (nSPS) is 19.3. The van der Waals surface area contributed by atoms with Crippen molar-refractivity contribution < 1.29 is 8.42 Å². The van der Waals surface area contributed by atoms with E-state index in [2.05, 4.69) is 19.7 Å². The van der Waals surface area contributed by atoms with Gasteiger partial charge in [0.1, 0.15) is 5.82 Å². The van der Waals surface area contributed by atoms with Gasteiger partial charge in [0.05, 0.1) is 18.2 Å². The fourth-order valence-corrected chi connectivity index (χ4v) is 3.52. The Morgan fingerprint density at radius 1 is 1.53 bits per heavy atom. The van der Waals surface area contributed by atoms with Crippen LogP contribution in [-0.2, 0) is 23.0 Å². The van der Waals surface area contributed by atoms with E-state index in [4.69, 9.17) is 0 Å². The molecule has 3 heterocycles. The average molecular weight is 281 g/mol. The zero-order valence-electron chi connectivity index (χ0n) is 10.5. The number of fused-ring (bicyclic) bond motifs is 1. The highest BCUT2D eigenvalue weighted by atomic mass is 32.2. The Kier molecular flexibility index (Phi) is 2.90. The molecule has 0 radical (unpaired) electrons. The largest absolute Gasteiger partial charge is 0.335 e. The molecule has 0 aromatic carbocycles. The van der Waals surface area contributed by atoms with Gasteiger partial charge in [0.25, 0.3) is 10.0 Å². The molecule has 0 amide bonds. The summed E-state index contributed by atoms with van der Waals surface area (Å²) in [6.07, 6.45) is 6.14. The van der Waals surface area contributed by atoms with E-state index in [-0.39, 0.29) is 11.1 Å². The van der Waals surface area contributed by atoms with E-state index < -0.39 is 10.0 Å². The second kappa shape index (κ2) is 4.46. The highest BCUT2D eigenvalue weighted by molar-refractivity contribution is 7.89. The number of imidazole rings is 2. The molecule has 0 bridgehead atoms. The van der Waals surface area contributed by atoms with Gasteiger partial charge in [-0.25, -0.2) is 23.1 Å². The zero-order valence-corrected chi connectivity index (χ0v) is 11.3. The summed E-state index contributed by atoms with van der Waals surface area (Å²) in [5, 5.41) is 0.0973. The maximum Gasteiger partial charge on any atom is 0.257 e. The van der Waals surface area contributed by atoms with E-state index in [0.29, 0.717) is 6.54 Å². The molecule has 1 aliphatic heterocycles. The van der Waals surface area contributed by atoms with E-state index >= 15 is 0 Å². The van der Waals surface area contributed by atoms with Crippen LogP contribution in [0.25, 0.3) is 0 Å². The van der Waals surface area contributed by atoms with Gasteiger partial charge in [-0.3, -0.25) is 0 Å².